The highest BCUT2D eigenvalue weighted by Gasteiger charge is 2.10. The molecule has 0 saturated carbocycles. The average molecular weight is 358 g/mol. The van der Waals surface area contributed by atoms with Crippen LogP contribution in [0.4, 0.5) is 8.78 Å². The van der Waals surface area contributed by atoms with Crippen LogP contribution < -0.4 is 4.74 Å². The maximum Gasteiger partial charge on any atom is 0.189 e. The SMILES string of the molecule is Cc1nn(C)cc1C(=O)C=Cc1ccc(COc2ccc(F)cc2F)o1. The molecule has 2 heterocycles. The van der Waals surface area contributed by atoms with E-state index in [0.717, 1.165) is 12.1 Å². The van der Waals surface area contributed by atoms with E-state index in [-0.39, 0.29) is 18.1 Å². The number of carbonyl (C=O) groups is 1. The van der Waals surface area contributed by atoms with Gasteiger partial charge in [-0.2, -0.15) is 5.10 Å². The van der Waals surface area contributed by atoms with Crippen LogP contribution in [0.1, 0.15) is 27.6 Å². The first-order valence-corrected chi connectivity index (χ1v) is 7.81. The fourth-order valence-electron chi connectivity index (χ4n) is 2.39. The fourth-order valence-corrected chi connectivity index (χ4v) is 2.39. The smallest absolute Gasteiger partial charge is 0.189 e. The van der Waals surface area contributed by atoms with Crippen molar-refractivity contribution in [3.8, 4) is 5.75 Å². The monoisotopic (exact) mass is 358 g/mol. The molecule has 0 saturated heterocycles. The summed E-state index contributed by atoms with van der Waals surface area (Å²) in [6.07, 6.45) is 4.59. The Kier molecular flexibility index (Phi) is 4.97. The van der Waals surface area contributed by atoms with E-state index < -0.39 is 11.6 Å². The number of aryl methyl sites for hydroxylation is 2. The van der Waals surface area contributed by atoms with Crippen LogP contribution in [0.3, 0.4) is 0 Å². The number of aromatic nitrogens is 2. The normalized spacial score (nSPS) is 11.2. The maximum absolute atomic E-state index is 13.5. The van der Waals surface area contributed by atoms with Gasteiger partial charge in [-0.1, -0.05) is 0 Å². The number of nitrogens with zero attached hydrogens (tertiary/aromatic N) is 2. The van der Waals surface area contributed by atoms with Gasteiger partial charge in [0.15, 0.2) is 17.3 Å². The molecule has 0 aliphatic heterocycles. The molecule has 0 N–H and O–H groups in total. The Balaban J connectivity index is 1.62. The van der Waals surface area contributed by atoms with E-state index in [0.29, 0.717) is 22.8 Å². The highest BCUT2D eigenvalue weighted by Crippen LogP contribution is 2.20. The van der Waals surface area contributed by atoms with Gasteiger partial charge in [0.25, 0.3) is 0 Å². The van der Waals surface area contributed by atoms with E-state index in [1.54, 1.807) is 37.0 Å². The summed E-state index contributed by atoms with van der Waals surface area (Å²) in [5.41, 5.74) is 1.17. The highest BCUT2D eigenvalue weighted by atomic mass is 19.1. The zero-order chi connectivity index (χ0) is 18.7. The van der Waals surface area contributed by atoms with Gasteiger partial charge in [-0.15, -0.1) is 0 Å². The Hall–Kier alpha value is -3.22. The van der Waals surface area contributed by atoms with E-state index >= 15 is 0 Å². The van der Waals surface area contributed by atoms with Crippen LogP contribution in [-0.2, 0) is 13.7 Å². The van der Waals surface area contributed by atoms with Gasteiger partial charge in [0.05, 0.1) is 11.3 Å². The predicted octanol–water partition coefficient (Wildman–Crippen LogP) is 4.07. The van der Waals surface area contributed by atoms with Crippen LogP contribution in [0, 0.1) is 18.6 Å². The minimum Gasteiger partial charge on any atom is -0.483 e. The second-order valence-electron chi connectivity index (χ2n) is 5.67. The third kappa shape index (κ3) is 4.05. The topological polar surface area (TPSA) is 57.3 Å². The summed E-state index contributed by atoms with van der Waals surface area (Å²) < 4.78 is 38.7. The summed E-state index contributed by atoms with van der Waals surface area (Å²) in [7, 11) is 1.75. The molecule has 0 aliphatic rings. The van der Waals surface area contributed by atoms with Gasteiger partial charge in [-0.25, -0.2) is 8.78 Å². The Bertz CT molecular complexity index is 973. The molecule has 134 valence electrons. The van der Waals surface area contributed by atoms with Crippen molar-refractivity contribution >= 4 is 11.9 Å². The molecule has 0 spiro atoms. The third-order valence-corrected chi connectivity index (χ3v) is 3.62. The number of benzene rings is 1. The molecule has 0 unspecified atom stereocenters. The fraction of sp³-hybridized carbons (Fsp3) is 0.158. The van der Waals surface area contributed by atoms with Gasteiger partial charge in [-0.05, 0) is 43.3 Å². The van der Waals surface area contributed by atoms with Crippen LogP contribution in [-0.4, -0.2) is 15.6 Å². The first kappa shape index (κ1) is 17.6. The Morgan fingerprint density at radius 3 is 2.81 bits per heavy atom. The number of carbonyl (C=O) groups excluding carboxylic acids is 1. The van der Waals surface area contributed by atoms with Crippen molar-refractivity contribution in [2.45, 2.75) is 13.5 Å². The Morgan fingerprint density at radius 1 is 1.31 bits per heavy atom. The van der Waals surface area contributed by atoms with Crippen molar-refractivity contribution in [1.29, 1.82) is 0 Å². The van der Waals surface area contributed by atoms with Crippen LogP contribution in [0.25, 0.3) is 6.08 Å². The number of hydrogen-bond acceptors (Lipinski definition) is 4. The van der Waals surface area contributed by atoms with Crippen molar-refractivity contribution in [3.63, 3.8) is 0 Å². The lowest BCUT2D eigenvalue weighted by Crippen LogP contribution is -1.96. The summed E-state index contributed by atoms with van der Waals surface area (Å²) >= 11 is 0. The van der Waals surface area contributed by atoms with Crippen LogP contribution in [0.2, 0.25) is 0 Å². The molecule has 1 aromatic carbocycles. The maximum atomic E-state index is 13.5. The second-order valence-corrected chi connectivity index (χ2v) is 5.67. The van der Waals surface area contributed by atoms with Crippen molar-refractivity contribution < 1.29 is 22.7 Å². The van der Waals surface area contributed by atoms with Crippen molar-refractivity contribution in [2.24, 2.45) is 7.05 Å². The predicted molar refractivity (Wildman–Crippen MR) is 90.7 cm³/mol. The lowest BCUT2D eigenvalue weighted by atomic mass is 10.1. The lowest BCUT2D eigenvalue weighted by molar-refractivity contribution is 0.104. The molecule has 0 fully saturated rings. The van der Waals surface area contributed by atoms with E-state index in [9.17, 15) is 13.6 Å². The van der Waals surface area contributed by atoms with Gasteiger partial charge in [0.1, 0.15) is 23.9 Å². The van der Waals surface area contributed by atoms with Gasteiger partial charge in [0.2, 0.25) is 0 Å². The molecule has 5 nitrogen and oxygen atoms in total. The van der Waals surface area contributed by atoms with Crippen molar-refractivity contribution in [1.82, 2.24) is 9.78 Å². The van der Waals surface area contributed by atoms with Gasteiger partial charge < -0.3 is 9.15 Å². The quantitative estimate of drug-likeness (QED) is 0.492. The third-order valence-electron chi connectivity index (χ3n) is 3.62. The van der Waals surface area contributed by atoms with Gasteiger partial charge in [-0.3, -0.25) is 9.48 Å². The number of furan rings is 1. The molecular weight excluding hydrogens is 342 g/mol. The molecule has 0 amide bonds. The number of rotatable bonds is 6. The molecule has 2 aromatic heterocycles. The molecule has 26 heavy (non-hydrogen) atoms. The number of ketones is 1. The van der Waals surface area contributed by atoms with E-state index in [4.69, 9.17) is 9.15 Å². The molecule has 7 heteroatoms. The zero-order valence-electron chi connectivity index (χ0n) is 14.2. The van der Waals surface area contributed by atoms with Crippen molar-refractivity contribution in [3.05, 3.63) is 77.0 Å². The Labute approximate surface area is 148 Å². The van der Waals surface area contributed by atoms with Gasteiger partial charge >= 0.3 is 0 Å². The molecule has 3 aromatic rings. The number of hydrogen-bond donors (Lipinski definition) is 0. The molecular formula is C19H16F2N2O3. The zero-order valence-corrected chi connectivity index (χ0v) is 14.2. The number of halogens is 2. The van der Waals surface area contributed by atoms with Gasteiger partial charge in [0, 0.05) is 19.3 Å². The number of ether oxygens (including phenoxy) is 1. The standard InChI is InChI=1S/C19H16F2N2O3/c1-12-16(10-23(2)22-12)18(24)7-6-14-4-5-15(26-14)11-25-19-8-3-13(20)9-17(19)21/h3-10H,11H2,1-2H3. The summed E-state index contributed by atoms with van der Waals surface area (Å²) in [6, 6.07) is 6.39. The lowest BCUT2D eigenvalue weighted by Gasteiger charge is -2.05. The molecule has 0 atom stereocenters. The summed E-state index contributed by atoms with van der Waals surface area (Å²) in [5.74, 6) is -0.806. The van der Waals surface area contributed by atoms with Crippen molar-refractivity contribution in [2.75, 3.05) is 0 Å². The van der Waals surface area contributed by atoms with E-state index in [1.807, 2.05) is 0 Å². The summed E-state index contributed by atoms with van der Waals surface area (Å²) in [5, 5.41) is 4.12. The Morgan fingerprint density at radius 2 is 2.12 bits per heavy atom. The first-order valence-electron chi connectivity index (χ1n) is 7.81. The number of allylic oxidation sites excluding steroid dienone is 1. The largest absolute Gasteiger partial charge is 0.483 e. The molecule has 3 rings (SSSR count). The van der Waals surface area contributed by atoms with E-state index in [2.05, 4.69) is 5.10 Å². The minimum atomic E-state index is -0.783. The van der Waals surface area contributed by atoms with Crippen LogP contribution >= 0.6 is 0 Å². The summed E-state index contributed by atoms with van der Waals surface area (Å²) in [4.78, 5) is 12.2. The molecule has 0 bridgehead atoms. The average Bonchev–Trinajstić information content (AvgIpc) is 3.18. The second kappa shape index (κ2) is 7.35. The van der Waals surface area contributed by atoms with Crippen LogP contribution in [0.15, 0.2) is 47.0 Å². The highest BCUT2D eigenvalue weighted by molar-refractivity contribution is 6.07. The minimum absolute atomic E-state index is 0.0218. The molecule has 0 radical (unpaired) electrons. The summed E-state index contributed by atoms with van der Waals surface area (Å²) in [6.45, 7) is 1.74. The van der Waals surface area contributed by atoms with Crippen LogP contribution in [0.5, 0.6) is 5.75 Å². The molecule has 0 aliphatic carbocycles. The van der Waals surface area contributed by atoms with E-state index in [1.165, 1.54) is 18.2 Å². The first-order chi connectivity index (χ1) is 12.4.